The van der Waals surface area contributed by atoms with E-state index in [0.717, 1.165) is 25.9 Å². The predicted molar refractivity (Wildman–Crippen MR) is 115 cm³/mol. The van der Waals surface area contributed by atoms with Crippen LogP contribution in [-0.4, -0.2) is 74.5 Å². The molecule has 0 atom stereocenters. The molecular weight excluding hydrogens is 384 g/mol. The lowest BCUT2D eigenvalue weighted by atomic mass is 9.82. The molecule has 0 unspecified atom stereocenters. The fourth-order valence-electron chi connectivity index (χ4n) is 4.28. The van der Waals surface area contributed by atoms with Gasteiger partial charge < -0.3 is 24.0 Å². The Morgan fingerprint density at radius 3 is 2.57 bits per heavy atom. The molecule has 0 bridgehead atoms. The van der Waals surface area contributed by atoms with E-state index in [1.807, 2.05) is 4.90 Å². The number of carbonyl (C=O) groups is 2. The molecule has 0 radical (unpaired) electrons. The van der Waals surface area contributed by atoms with Crippen molar-refractivity contribution in [2.75, 3.05) is 47.4 Å². The van der Waals surface area contributed by atoms with Crippen LogP contribution in [0.25, 0.3) is 0 Å². The van der Waals surface area contributed by atoms with Gasteiger partial charge in [-0.05, 0) is 20.0 Å². The number of benzene rings is 1. The highest BCUT2D eigenvalue weighted by molar-refractivity contribution is 6.03. The van der Waals surface area contributed by atoms with E-state index >= 15 is 0 Å². The first kappa shape index (κ1) is 22.4. The third kappa shape index (κ3) is 4.89. The number of hydrogen-bond donors (Lipinski definition) is 0. The van der Waals surface area contributed by atoms with Crippen molar-refractivity contribution >= 4 is 11.7 Å². The normalized spacial score (nSPS) is 17.6. The van der Waals surface area contributed by atoms with Crippen molar-refractivity contribution in [3.63, 3.8) is 0 Å². The molecule has 2 aliphatic rings. The summed E-state index contributed by atoms with van der Waals surface area (Å²) in [7, 11) is 5.18. The molecule has 30 heavy (non-hydrogen) atoms. The number of ketones is 1. The summed E-state index contributed by atoms with van der Waals surface area (Å²) in [5.41, 5.74) is -0.0755. The molecule has 7 nitrogen and oxygen atoms in total. The lowest BCUT2D eigenvalue weighted by Gasteiger charge is -2.44. The van der Waals surface area contributed by atoms with Crippen molar-refractivity contribution in [3.8, 4) is 17.2 Å². The van der Waals surface area contributed by atoms with E-state index < -0.39 is 5.60 Å². The molecular formula is C23H34N2O5. The number of nitrogens with zero attached hydrogens (tertiary/aromatic N) is 2. The Hall–Kier alpha value is -2.28. The Bertz CT molecular complexity index is 771. The van der Waals surface area contributed by atoms with Crippen LogP contribution in [-0.2, 0) is 4.79 Å². The van der Waals surface area contributed by atoms with Crippen LogP contribution in [0.3, 0.4) is 0 Å². The largest absolute Gasteiger partial charge is 0.496 e. The van der Waals surface area contributed by atoms with Crippen molar-refractivity contribution in [2.24, 2.45) is 0 Å². The lowest BCUT2D eigenvalue weighted by molar-refractivity contribution is -0.135. The minimum absolute atomic E-state index is 0.0214. The van der Waals surface area contributed by atoms with Crippen molar-refractivity contribution < 1.29 is 23.8 Å². The topological polar surface area (TPSA) is 68.3 Å². The summed E-state index contributed by atoms with van der Waals surface area (Å²) in [5, 5.41) is 0. The minimum atomic E-state index is -0.559. The second kappa shape index (κ2) is 9.69. The molecule has 1 fully saturated rings. The average molecular weight is 419 g/mol. The number of likely N-dealkylation sites (tertiary alicyclic amines) is 1. The summed E-state index contributed by atoms with van der Waals surface area (Å²) in [5.74, 6) is 1.78. The Morgan fingerprint density at radius 1 is 1.20 bits per heavy atom. The molecule has 2 aliphatic heterocycles. The highest BCUT2D eigenvalue weighted by Gasteiger charge is 2.44. The first-order valence-electron chi connectivity index (χ1n) is 10.9. The van der Waals surface area contributed by atoms with E-state index in [4.69, 9.17) is 14.2 Å². The molecule has 1 saturated heterocycles. The fraction of sp³-hybridized carbons (Fsp3) is 0.652. The standard InChI is InChI=1S/C23H34N2O5/c1-5-6-10-24(2)11-7-21(27)25-12-8-23(9-13-25)16-18(26)22-19(29-4)14-17(28-3)15-20(22)30-23/h14-15H,5-13,16H2,1-4H3. The van der Waals surface area contributed by atoms with Crippen LogP contribution in [0, 0.1) is 0 Å². The minimum Gasteiger partial charge on any atom is -0.496 e. The van der Waals surface area contributed by atoms with Crippen LogP contribution in [0.2, 0.25) is 0 Å². The quantitative estimate of drug-likeness (QED) is 0.646. The molecule has 1 spiro atoms. The molecule has 1 aromatic carbocycles. The first-order chi connectivity index (χ1) is 14.4. The number of Topliss-reactive ketones (excluding diaryl/α,β-unsaturated/α-hetero) is 1. The number of ether oxygens (including phenoxy) is 3. The van der Waals surface area contributed by atoms with E-state index in [1.165, 1.54) is 7.11 Å². The van der Waals surface area contributed by atoms with E-state index in [-0.39, 0.29) is 11.7 Å². The van der Waals surface area contributed by atoms with Gasteiger partial charge in [0.25, 0.3) is 0 Å². The van der Waals surface area contributed by atoms with Gasteiger partial charge in [0.05, 0.1) is 20.6 Å². The zero-order valence-electron chi connectivity index (χ0n) is 18.7. The van der Waals surface area contributed by atoms with Gasteiger partial charge in [-0.25, -0.2) is 0 Å². The molecule has 0 saturated carbocycles. The number of methoxy groups -OCH3 is 2. The Labute approximate surface area is 179 Å². The van der Waals surface area contributed by atoms with E-state index in [9.17, 15) is 9.59 Å². The van der Waals surface area contributed by atoms with Gasteiger partial charge in [-0.2, -0.15) is 0 Å². The molecule has 166 valence electrons. The van der Waals surface area contributed by atoms with Gasteiger partial charge in [0.2, 0.25) is 5.91 Å². The highest BCUT2D eigenvalue weighted by atomic mass is 16.5. The van der Waals surface area contributed by atoms with Gasteiger partial charge in [-0.3, -0.25) is 9.59 Å². The van der Waals surface area contributed by atoms with Gasteiger partial charge in [-0.15, -0.1) is 0 Å². The molecule has 2 heterocycles. The molecule has 3 rings (SSSR count). The number of unbranched alkanes of at least 4 members (excludes halogenated alkanes) is 1. The van der Waals surface area contributed by atoms with Crippen LogP contribution >= 0.6 is 0 Å². The van der Waals surface area contributed by atoms with E-state index in [2.05, 4.69) is 18.9 Å². The van der Waals surface area contributed by atoms with E-state index in [0.29, 0.717) is 61.6 Å². The lowest BCUT2D eigenvalue weighted by Crippen LogP contribution is -2.52. The maximum Gasteiger partial charge on any atom is 0.223 e. The maximum absolute atomic E-state index is 12.9. The number of hydrogen-bond acceptors (Lipinski definition) is 6. The number of carbonyl (C=O) groups excluding carboxylic acids is 2. The predicted octanol–water partition coefficient (Wildman–Crippen LogP) is 3.15. The molecule has 0 N–H and O–H groups in total. The van der Waals surface area contributed by atoms with E-state index in [1.54, 1.807) is 19.2 Å². The molecule has 1 aromatic rings. The van der Waals surface area contributed by atoms with Crippen LogP contribution in [0.1, 0.15) is 55.8 Å². The van der Waals surface area contributed by atoms with Gasteiger partial charge >= 0.3 is 0 Å². The molecule has 0 aromatic heterocycles. The van der Waals surface area contributed by atoms with Crippen molar-refractivity contribution in [1.29, 1.82) is 0 Å². The maximum atomic E-state index is 12.9. The zero-order chi connectivity index (χ0) is 21.7. The monoisotopic (exact) mass is 418 g/mol. The van der Waals surface area contributed by atoms with Crippen LogP contribution in [0.15, 0.2) is 12.1 Å². The number of fused-ring (bicyclic) bond motifs is 1. The second-order valence-electron chi connectivity index (χ2n) is 8.38. The Morgan fingerprint density at radius 2 is 1.93 bits per heavy atom. The van der Waals surface area contributed by atoms with Gasteiger partial charge in [-0.1, -0.05) is 13.3 Å². The zero-order valence-corrected chi connectivity index (χ0v) is 18.7. The number of amides is 1. The molecule has 7 heteroatoms. The van der Waals surface area contributed by atoms with Crippen molar-refractivity contribution in [1.82, 2.24) is 9.80 Å². The van der Waals surface area contributed by atoms with Crippen LogP contribution in [0.5, 0.6) is 17.2 Å². The van der Waals surface area contributed by atoms with Gasteiger partial charge in [0.15, 0.2) is 5.78 Å². The smallest absolute Gasteiger partial charge is 0.223 e. The second-order valence-corrected chi connectivity index (χ2v) is 8.38. The average Bonchev–Trinajstić information content (AvgIpc) is 2.75. The third-order valence-corrected chi connectivity index (χ3v) is 6.21. The fourth-order valence-corrected chi connectivity index (χ4v) is 4.28. The van der Waals surface area contributed by atoms with Crippen LogP contribution in [0.4, 0.5) is 0 Å². The molecule has 1 amide bonds. The van der Waals surface area contributed by atoms with Gasteiger partial charge in [0, 0.05) is 51.0 Å². The van der Waals surface area contributed by atoms with Gasteiger partial charge in [0.1, 0.15) is 28.4 Å². The summed E-state index contributed by atoms with van der Waals surface area (Å²) >= 11 is 0. The Balaban J connectivity index is 1.62. The summed E-state index contributed by atoms with van der Waals surface area (Å²) < 4.78 is 17.1. The summed E-state index contributed by atoms with van der Waals surface area (Å²) in [6, 6.07) is 3.46. The first-order valence-corrected chi connectivity index (χ1v) is 10.9. The van der Waals surface area contributed by atoms with Crippen molar-refractivity contribution in [2.45, 2.75) is 51.0 Å². The summed E-state index contributed by atoms with van der Waals surface area (Å²) in [4.78, 5) is 29.7. The van der Waals surface area contributed by atoms with Crippen LogP contribution < -0.4 is 14.2 Å². The summed E-state index contributed by atoms with van der Waals surface area (Å²) in [6.07, 6.45) is 4.45. The number of piperidine rings is 1. The highest BCUT2D eigenvalue weighted by Crippen LogP contribution is 2.44. The summed E-state index contributed by atoms with van der Waals surface area (Å²) in [6.45, 7) is 5.20. The third-order valence-electron chi connectivity index (χ3n) is 6.21. The molecule has 0 aliphatic carbocycles. The SMILES string of the molecule is CCCCN(C)CCC(=O)N1CCC2(CC1)CC(=O)c1c(OC)cc(OC)cc1O2. The van der Waals surface area contributed by atoms with Crippen molar-refractivity contribution in [3.05, 3.63) is 17.7 Å². The number of rotatable bonds is 8. The Kier molecular flexibility index (Phi) is 7.23.